The van der Waals surface area contributed by atoms with Gasteiger partial charge in [0.15, 0.2) is 5.78 Å². The Morgan fingerprint density at radius 2 is 1.65 bits per heavy atom. The fourth-order valence-corrected chi connectivity index (χ4v) is 2.02. The van der Waals surface area contributed by atoms with Crippen LogP contribution in [0.1, 0.15) is 26.3 Å². The number of amides is 1. The number of hydrogen-bond donors (Lipinski definition) is 2. The number of primary amides is 1. The van der Waals surface area contributed by atoms with Crippen LogP contribution in [0.2, 0.25) is 5.02 Å². The average molecular weight is 293 g/mol. The van der Waals surface area contributed by atoms with Gasteiger partial charge in [0.05, 0.1) is 16.8 Å². The first-order valence-electron chi connectivity index (χ1n) is 5.60. The van der Waals surface area contributed by atoms with E-state index in [0.717, 1.165) is 6.07 Å². The van der Waals surface area contributed by atoms with Gasteiger partial charge in [-0.2, -0.15) is 0 Å². The zero-order chi connectivity index (χ0) is 14.9. The third-order valence-electron chi connectivity index (χ3n) is 2.77. The highest BCUT2D eigenvalue weighted by Gasteiger charge is 2.20. The van der Waals surface area contributed by atoms with Gasteiger partial charge < -0.3 is 11.5 Å². The van der Waals surface area contributed by atoms with Crippen molar-refractivity contribution in [3.8, 4) is 0 Å². The van der Waals surface area contributed by atoms with E-state index in [1.54, 1.807) is 0 Å². The molecule has 0 unspecified atom stereocenters. The van der Waals surface area contributed by atoms with Crippen LogP contribution in [-0.2, 0) is 0 Å². The smallest absolute Gasteiger partial charge is 0.250 e. The van der Waals surface area contributed by atoms with Crippen molar-refractivity contribution in [2.75, 3.05) is 5.73 Å². The summed E-state index contributed by atoms with van der Waals surface area (Å²) in [4.78, 5) is 23.5. The monoisotopic (exact) mass is 292 g/mol. The van der Waals surface area contributed by atoms with Crippen LogP contribution in [-0.4, -0.2) is 11.7 Å². The highest BCUT2D eigenvalue weighted by atomic mass is 35.5. The number of carbonyl (C=O) groups excluding carboxylic acids is 2. The molecule has 6 heteroatoms. The standard InChI is InChI=1S/C14H10ClFN2O2/c15-7-5-9(12(17)10(6-7)14(18)20)13(19)8-3-1-2-4-11(8)16/h1-6H,17H2,(H2,18,20). The van der Waals surface area contributed by atoms with E-state index in [9.17, 15) is 14.0 Å². The van der Waals surface area contributed by atoms with Gasteiger partial charge in [0.25, 0.3) is 5.91 Å². The van der Waals surface area contributed by atoms with Crippen molar-refractivity contribution in [2.24, 2.45) is 5.73 Å². The highest BCUT2D eigenvalue weighted by molar-refractivity contribution is 6.32. The molecule has 4 N–H and O–H groups in total. The van der Waals surface area contributed by atoms with Gasteiger partial charge in [-0.25, -0.2) is 4.39 Å². The van der Waals surface area contributed by atoms with Crippen molar-refractivity contribution in [2.45, 2.75) is 0 Å². The lowest BCUT2D eigenvalue weighted by Gasteiger charge is -2.10. The Hall–Kier alpha value is -2.40. The second kappa shape index (κ2) is 5.30. The normalized spacial score (nSPS) is 10.3. The number of anilines is 1. The summed E-state index contributed by atoms with van der Waals surface area (Å²) in [6.07, 6.45) is 0. The summed E-state index contributed by atoms with van der Waals surface area (Å²) in [5, 5.41) is 0.118. The lowest BCUT2D eigenvalue weighted by atomic mass is 9.98. The van der Waals surface area contributed by atoms with Gasteiger partial charge in [-0.15, -0.1) is 0 Å². The van der Waals surface area contributed by atoms with Gasteiger partial charge in [-0.1, -0.05) is 23.7 Å². The molecule has 2 aromatic carbocycles. The molecule has 0 fully saturated rings. The third kappa shape index (κ3) is 2.48. The molecule has 0 aliphatic carbocycles. The van der Waals surface area contributed by atoms with E-state index >= 15 is 0 Å². The predicted octanol–water partition coefficient (Wildman–Crippen LogP) is 2.39. The van der Waals surface area contributed by atoms with Crippen molar-refractivity contribution < 1.29 is 14.0 Å². The number of ketones is 1. The molecule has 2 rings (SSSR count). The molecule has 0 heterocycles. The van der Waals surface area contributed by atoms with E-state index in [1.807, 2.05) is 0 Å². The molecular weight excluding hydrogens is 283 g/mol. The molecule has 0 saturated carbocycles. The molecular formula is C14H10ClFN2O2. The first-order chi connectivity index (χ1) is 9.41. The van der Waals surface area contributed by atoms with Gasteiger partial charge in [0.1, 0.15) is 5.82 Å². The fourth-order valence-electron chi connectivity index (χ4n) is 1.80. The molecule has 0 aliphatic rings. The summed E-state index contributed by atoms with van der Waals surface area (Å²) < 4.78 is 13.6. The minimum atomic E-state index is -0.812. The molecule has 0 spiro atoms. The molecule has 0 aromatic heterocycles. The van der Waals surface area contributed by atoms with E-state index in [4.69, 9.17) is 23.1 Å². The van der Waals surface area contributed by atoms with Crippen LogP contribution < -0.4 is 11.5 Å². The molecule has 0 bridgehead atoms. The quantitative estimate of drug-likeness (QED) is 0.673. The Morgan fingerprint density at radius 1 is 1.05 bits per heavy atom. The Balaban J connectivity index is 2.62. The van der Waals surface area contributed by atoms with Crippen LogP contribution in [0.3, 0.4) is 0 Å². The number of halogens is 2. The summed E-state index contributed by atoms with van der Waals surface area (Å²) in [5.41, 5.74) is 10.5. The summed E-state index contributed by atoms with van der Waals surface area (Å²) in [7, 11) is 0. The predicted molar refractivity (Wildman–Crippen MR) is 74.2 cm³/mol. The Labute approximate surface area is 119 Å². The van der Waals surface area contributed by atoms with E-state index in [-0.39, 0.29) is 27.4 Å². The number of rotatable bonds is 3. The fraction of sp³-hybridized carbons (Fsp3) is 0. The number of benzene rings is 2. The molecule has 102 valence electrons. The first kappa shape index (κ1) is 14.0. The number of nitrogens with two attached hydrogens (primary N) is 2. The van der Waals surface area contributed by atoms with Gasteiger partial charge in [-0.05, 0) is 24.3 Å². The first-order valence-corrected chi connectivity index (χ1v) is 5.97. The van der Waals surface area contributed by atoms with Gasteiger partial charge in [0.2, 0.25) is 0 Å². The molecule has 0 saturated heterocycles. The van der Waals surface area contributed by atoms with Crippen LogP contribution in [0.4, 0.5) is 10.1 Å². The summed E-state index contributed by atoms with van der Waals surface area (Å²) in [5.74, 6) is -2.16. The summed E-state index contributed by atoms with van der Waals surface area (Å²) in [6, 6.07) is 7.99. The Kier molecular flexibility index (Phi) is 3.72. The molecule has 0 aliphatic heterocycles. The lowest BCUT2D eigenvalue weighted by Crippen LogP contribution is -2.17. The van der Waals surface area contributed by atoms with E-state index < -0.39 is 17.5 Å². The molecule has 4 nitrogen and oxygen atoms in total. The maximum Gasteiger partial charge on any atom is 0.250 e. The van der Waals surface area contributed by atoms with Crippen molar-refractivity contribution >= 4 is 29.0 Å². The second-order valence-electron chi connectivity index (χ2n) is 4.09. The number of hydrogen-bond acceptors (Lipinski definition) is 3. The van der Waals surface area contributed by atoms with E-state index in [0.29, 0.717) is 0 Å². The second-order valence-corrected chi connectivity index (χ2v) is 4.52. The van der Waals surface area contributed by atoms with E-state index in [2.05, 4.69) is 0 Å². The molecule has 20 heavy (non-hydrogen) atoms. The Morgan fingerprint density at radius 3 is 2.25 bits per heavy atom. The zero-order valence-electron chi connectivity index (χ0n) is 10.2. The van der Waals surface area contributed by atoms with Gasteiger partial charge >= 0.3 is 0 Å². The molecule has 0 atom stereocenters. The molecule has 2 aromatic rings. The highest BCUT2D eigenvalue weighted by Crippen LogP contribution is 2.26. The third-order valence-corrected chi connectivity index (χ3v) is 2.99. The van der Waals surface area contributed by atoms with Crippen molar-refractivity contribution in [1.29, 1.82) is 0 Å². The maximum atomic E-state index is 13.6. The van der Waals surface area contributed by atoms with Crippen LogP contribution in [0, 0.1) is 5.82 Å². The zero-order valence-corrected chi connectivity index (χ0v) is 10.9. The minimum absolute atomic E-state index is 0.0589. The van der Waals surface area contributed by atoms with Crippen molar-refractivity contribution in [3.05, 3.63) is 63.9 Å². The summed E-state index contributed by atoms with van der Waals surface area (Å²) >= 11 is 5.83. The average Bonchev–Trinajstić information content (AvgIpc) is 2.40. The maximum absolute atomic E-state index is 13.6. The van der Waals surface area contributed by atoms with Gasteiger partial charge in [0, 0.05) is 10.6 Å². The number of carbonyl (C=O) groups is 2. The SMILES string of the molecule is NC(=O)c1cc(Cl)cc(C(=O)c2ccccc2F)c1N. The largest absolute Gasteiger partial charge is 0.397 e. The van der Waals surface area contributed by atoms with Gasteiger partial charge in [-0.3, -0.25) is 9.59 Å². The lowest BCUT2D eigenvalue weighted by molar-refractivity contribution is 0.100. The van der Waals surface area contributed by atoms with E-state index in [1.165, 1.54) is 30.3 Å². The van der Waals surface area contributed by atoms with Crippen LogP contribution in [0.25, 0.3) is 0 Å². The topological polar surface area (TPSA) is 86.2 Å². The van der Waals surface area contributed by atoms with Crippen molar-refractivity contribution in [1.82, 2.24) is 0 Å². The van der Waals surface area contributed by atoms with Crippen LogP contribution in [0.15, 0.2) is 36.4 Å². The van der Waals surface area contributed by atoms with Crippen molar-refractivity contribution in [3.63, 3.8) is 0 Å². The number of nitrogen functional groups attached to an aromatic ring is 1. The molecule has 1 amide bonds. The minimum Gasteiger partial charge on any atom is -0.397 e. The van der Waals surface area contributed by atoms with Crippen LogP contribution >= 0.6 is 11.6 Å². The Bertz CT molecular complexity index is 716. The molecule has 0 radical (unpaired) electrons. The summed E-state index contributed by atoms with van der Waals surface area (Å²) in [6.45, 7) is 0. The van der Waals surface area contributed by atoms with Crippen LogP contribution in [0.5, 0.6) is 0 Å².